The van der Waals surface area contributed by atoms with Crippen molar-refractivity contribution >= 4 is 23.3 Å². The number of nitrogens with two attached hydrogens (primary N) is 1. The number of nitrogens with one attached hydrogen (secondary N) is 1. The van der Waals surface area contributed by atoms with Crippen molar-refractivity contribution in [3.63, 3.8) is 0 Å². The zero-order valence-corrected chi connectivity index (χ0v) is 19.8. The molecule has 2 aromatic carbocycles. The molecule has 3 aromatic rings. The lowest BCUT2D eigenvalue weighted by Crippen LogP contribution is -2.28. The van der Waals surface area contributed by atoms with Crippen molar-refractivity contribution in [2.24, 2.45) is 0 Å². The summed E-state index contributed by atoms with van der Waals surface area (Å²) in [5, 5.41) is 2.58. The molecule has 1 amide bonds. The van der Waals surface area contributed by atoms with E-state index in [9.17, 15) is 13.6 Å². The fraction of sp³-hybridized carbons (Fsp3) is 0.320. The normalized spacial score (nSPS) is 13.7. The van der Waals surface area contributed by atoms with Crippen LogP contribution < -0.4 is 15.8 Å². The predicted octanol–water partition coefficient (Wildman–Crippen LogP) is 4.45. The lowest BCUT2D eigenvalue weighted by molar-refractivity contribution is 0.0952. The van der Waals surface area contributed by atoms with E-state index < -0.39 is 11.6 Å². The van der Waals surface area contributed by atoms with Crippen molar-refractivity contribution in [1.82, 2.24) is 20.2 Å². The Bertz CT molecular complexity index is 1200. The number of benzene rings is 2. The Morgan fingerprint density at radius 2 is 1.94 bits per heavy atom. The Balaban J connectivity index is 1.42. The standard InChI is InChI=1S/C25H26ClF2N5O2/c26-22-18(19(27)7-8-20(22)28)15-35-25-23(29)31-14-21(32-25)16-5-3-6-17(13-16)24(34)30-9-4-12-33-10-1-2-11-33/h3,5-8,13-14H,1-2,4,9-12,15H2,(H2,29,31)(H,30,34). The molecule has 0 spiro atoms. The van der Waals surface area contributed by atoms with Crippen molar-refractivity contribution in [3.05, 3.63) is 70.4 Å². The number of likely N-dealkylation sites (tertiary alicyclic amines) is 1. The van der Waals surface area contributed by atoms with Crippen LogP contribution in [0.15, 0.2) is 42.6 Å². The molecule has 1 fully saturated rings. The third-order valence-corrected chi connectivity index (χ3v) is 6.22. The van der Waals surface area contributed by atoms with Gasteiger partial charge >= 0.3 is 0 Å². The van der Waals surface area contributed by atoms with Crippen molar-refractivity contribution < 1.29 is 18.3 Å². The number of aromatic nitrogens is 2. The van der Waals surface area contributed by atoms with Crippen LogP contribution in [0.1, 0.15) is 35.2 Å². The molecule has 1 aliphatic rings. The lowest BCUT2D eigenvalue weighted by Gasteiger charge is -2.14. The SMILES string of the molecule is Nc1ncc(-c2cccc(C(=O)NCCCN3CCCC3)c2)nc1OCc1c(F)ccc(F)c1Cl. The molecule has 1 aromatic heterocycles. The fourth-order valence-corrected chi connectivity index (χ4v) is 4.11. The van der Waals surface area contributed by atoms with Gasteiger partial charge in [-0.15, -0.1) is 0 Å². The van der Waals surface area contributed by atoms with Crippen molar-refractivity contribution in [2.75, 3.05) is 31.9 Å². The smallest absolute Gasteiger partial charge is 0.258 e. The summed E-state index contributed by atoms with van der Waals surface area (Å²) in [4.78, 5) is 23.5. The number of anilines is 1. The molecule has 1 saturated heterocycles. The zero-order chi connectivity index (χ0) is 24.8. The Labute approximate surface area is 207 Å². The molecule has 184 valence electrons. The van der Waals surface area contributed by atoms with E-state index in [1.165, 1.54) is 19.0 Å². The summed E-state index contributed by atoms with van der Waals surface area (Å²) in [6, 6.07) is 8.84. The van der Waals surface area contributed by atoms with Crippen LogP contribution >= 0.6 is 11.6 Å². The third kappa shape index (κ3) is 6.23. The lowest BCUT2D eigenvalue weighted by atomic mass is 10.1. The van der Waals surface area contributed by atoms with Crippen molar-refractivity contribution in [1.29, 1.82) is 0 Å². The molecule has 1 aliphatic heterocycles. The van der Waals surface area contributed by atoms with Crippen molar-refractivity contribution in [2.45, 2.75) is 25.9 Å². The molecule has 0 atom stereocenters. The number of rotatable bonds is 9. The van der Waals surface area contributed by atoms with Crippen LogP contribution in [0.4, 0.5) is 14.6 Å². The monoisotopic (exact) mass is 501 g/mol. The van der Waals surface area contributed by atoms with E-state index >= 15 is 0 Å². The van der Waals surface area contributed by atoms with Crippen LogP contribution in [0, 0.1) is 11.6 Å². The second-order valence-corrected chi connectivity index (χ2v) is 8.67. The molecular weight excluding hydrogens is 476 g/mol. The molecule has 0 radical (unpaired) electrons. The minimum atomic E-state index is -0.759. The molecule has 2 heterocycles. The van der Waals surface area contributed by atoms with Gasteiger partial charge in [-0.1, -0.05) is 23.7 Å². The highest BCUT2D eigenvalue weighted by Gasteiger charge is 2.16. The largest absolute Gasteiger partial charge is 0.470 e. The number of carbonyl (C=O) groups excluding carboxylic acids is 1. The molecule has 35 heavy (non-hydrogen) atoms. The van der Waals surface area contributed by atoms with Gasteiger partial charge in [-0.3, -0.25) is 4.79 Å². The first-order chi connectivity index (χ1) is 16.9. The molecule has 0 unspecified atom stereocenters. The molecule has 0 bridgehead atoms. The minimum absolute atomic E-state index is 0.0198. The minimum Gasteiger partial charge on any atom is -0.470 e. The highest BCUT2D eigenvalue weighted by atomic mass is 35.5. The molecule has 10 heteroatoms. The number of carbonyl (C=O) groups is 1. The van der Waals surface area contributed by atoms with E-state index in [1.54, 1.807) is 24.3 Å². The quantitative estimate of drug-likeness (QED) is 0.332. The van der Waals surface area contributed by atoms with Gasteiger partial charge in [-0.05, 0) is 63.2 Å². The van der Waals surface area contributed by atoms with Gasteiger partial charge in [-0.25, -0.2) is 18.7 Å². The summed E-state index contributed by atoms with van der Waals surface area (Å²) in [6.45, 7) is 3.46. The van der Waals surface area contributed by atoms with E-state index in [0.717, 1.165) is 38.2 Å². The number of nitrogen functional groups attached to an aromatic ring is 1. The first-order valence-electron chi connectivity index (χ1n) is 11.4. The zero-order valence-electron chi connectivity index (χ0n) is 19.1. The third-order valence-electron chi connectivity index (χ3n) is 5.82. The van der Waals surface area contributed by atoms with E-state index in [-0.39, 0.29) is 34.8 Å². The summed E-state index contributed by atoms with van der Waals surface area (Å²) >= 11 is 5.85. The molecular formula is C25H26ClF2N5O2. The molecule has 0 saturated carbocycles. The van der Waals surface area contributed by atoms with Gasteiger partial charge in [0, 0.05) is 23.2 Å². The summed E-state index contributed by atoms with van der Waals surface area (Å²) in [7, 11) is 0. The highest BCUT2D eigenvalue weighted by Crippen LogP contribution is 2.27. The van der Waals surface area contributed by atoms with E-state index in [1.807, 2.05) is 0 Å². The van der Waals surface area contributed by atoms with Gasteiger partial charge < -0.3 is 20.7 Å². The molecule has 4 rings (SSSR count). The van der Waals surface area contributed by atoms with Crippen LogP contribution in [0.3, 0.4) is 0 Å². The van der Waals surface area contributed by atoms with Gasteiger partial charge in [0.2, 0.25) is 0 Å². The average molecular weight is 502 g/mol. The molecule has 0 aliphatic carbocycles. The van der Waals surface area contributed by atoms with Crippen LogP contribution in [0.25, 0.3) is 11.3 Å². The number of ether oxygens (including phenoxy) is 1. The second kappa shape index (κ2) is 11.4. The summed E-state index contributed by atoms with van der Waals surface area (Å²) < 4.78 is 33.2. The van der Waals surface area contributed by atoms with E-state index in [4.69, 9.17) is 22.1 Å². The number of amides is 1. The Kier molecular flexibility index (Phi) is 8.09. The van der Waals surface area contributed by atoms with E-state index in [0.29, 0.717) is 23.4 Å². The van der Waals surface area contributed by atoms with Gasteiger partial charge in [0.05, 0.1) is 16.9 Å². The van der Waals surface area contributed by atoms with Crippen LogP contribution in [0.2, 0.25) is 5.02 Å². The van der Waals surface area contributed by atoms with Gasteiger partial charge in [0.1, 0.15) is 18.2 Å². The maximum absolute atomic E-state index is 14.0. The number of hydrogen-bond donors (Lipinski definition) is 2. The first-order valence-corrected chi connectivity index (χ1v) is 11.8. The maximum atomic E-state index is 14.0. The molecule has 3 N–H and O–H groups in total. The highest BCUT2D eigenvalue weighted by molar-refractivity contribution is 6.31. The number of nitrogens with zero attached hydrogens (tertiary/aromatic N) is 3. The average Bonchev–Trinajstić information content (AvgIpc) is 3.39. The van der Waals surface area contributed by atoms with Gasteiger partial charge in [0.15, 0.2) is 5.82 Å². The van der Waals surface area contributed by atoms with E-state index in [2.05, 4.69) is 20.2 Å². The van der Waals surface area contributed by atoms with Crippen LogP contribution in [-0.4, -0.2) is 47.0 Å². The maximum Gasteiger partial charge on any atom is 0.258 e. The Hall–Kier alpha value is -3.30. The van der Waals surface area contributed by atoms with Crippen molar-refractivity contribution in [3.8, 4) is 17.1 Å². The fourth-order valence-electron chi connectivity index (χ4n) is 3.90. The van der Waals surface area contributed by atoms with Gasteiger partial charge in [-0.2, -0.15) is 0 Å². The van der Waals surface area contributed by atoms with Crippen LogP contribution in [-0.2, 0) is 6.61 Å². The summed E-state index contributed by atoms with van der Waals surface area (Å²) in [6.07, 6.45) is 4.83. The predicted molar refractivity (Wildman–Crippen MR) is 130 cm³/mol. The van der Waals surface area contributed by atoms with Crippen LogP contribution in [0.5, 0.6) is 5.88 Å². The topological polar surface area (TPSA) is 93.4 Å². The van der Waals surface area contributed by atoms with Gasteiger partial charge in [0.25, 0.3) is 11.8 Å². The number of hydrogen-bond acceptors (Lipinski definition) is 6. The second-order valence-electron chi connectivity index (χ2n) is 8.30. The molecule has 7 nitrogen and oxygen atoms in total. The summed E-state index contributed by atoms with van der Waals surface area (Å²) in [5.74, 6) is -1.72. The Morgan fingerprint density at radius 3 is 2.74 bits per heavy atom. The first kappa shape index (κ1) is 24.8. The summed E-state index contributed by atoms with van der Waals surface area (Å²) in [5.41, 5.74) is 7.23. The number of halogens is 3. The Morgan fingerprint density at radius 1 is 1.17 bits per heavy atom.